The molecule has 25 heavy (non-hydrogen) atoms. The van der Waals surface area contributed by atoms with E-state index in [9.17, 15) is 10.1 Å². The van der Waals surface area contributed by atoms with Crippen molar-refractivity contribution in [3.63, 3.8) is 0 Å². The van der Waals surface area contributed by atoms with E-state index in [-0.39, 0.29) is 5.69 Å². The van der Waals surface area contributed by atoms with Crippen molar-refractivity contribution in [3.05, 3.63) is 38.4 Å². The lowest BCUT2D eigenvalue weighted by Crippen LogP contribution is -2.58. The summed E-state index contributed by atoms with van der Waals surface area (Å²) >= 11 is 6.09. The van der Waals surface area contributed by atoms with Gasteiger partial charge in [-0.1, -0.05) is 30.9 Å². The molecule has 0 bridgehead atoms. The maximum Gasteiger partial charge on any atom is 0.313 e. The highest BCUT2D eigenvalue weighted by atomic mass is 35.5. The number of hydrogen-bond acceptors (Lipinski definition) is 4. The molecule has 1 unspecified atom stereocenters. The van der Waals surface area contributed by atoms with Crippen LogP contribution < -0.4 is 10.1 Å². The molecule has 2 aliphatic carbocycles. The van der Waals surface area contributed by atoms with Gasteiger partial charge in [-0.05, 0) is 49.8 Å². The fraction of sp³-hybridized carbons (Fsp3) is 0.579. The SMILES string of the molecule is O=[N+]([O-])c1cc(Cl)cc2c1OC1(NC3CCCCC3)CCCCC1=C2. The van der Waals surface area contributed by atoms with Crippen molar-refractivity contribution in [1.29, 1.82) is 0 Å². The van der Waals surface area contributed by atoms with Gasteiger partial charge in [0, 0.05) is 29.1 Å². The Bertz CT molecular complexity index is 728. The van der Waals surface area contributed by atoms with Crippen molar-refractivity contribution in [1.82, 2.24) is 5.32 Å². The Balaban J connectivity index is 1.74. The Kier molecular flexibility index (Phi) is 4.46. The summed E-state index contributed by atoms with van der Waals surface area (Å²) in [5, 5.41) is 15.6. The first kappa shape index (κ1) is 16.9. The number of benzene rings is 1. The molecule has 1 N–H and O–H groups in total. The minimum absolute atomic E-state index is 0.0480. The number of nitrogens with zero attached hydrogens (tertiary/aromatic N) is 1. The van der Waals surface area contributed by atoms with Gasteiger partial charge in [-0.3, -0.25) is 15.4 Å². The van der Waals surface area contributed by atoms with Gasteiger partial charge in [0.25, 0.3) is 0 Å². The molecule has 1 aromatic carbocycles. The van der Waals surface area contributed by atoms with Crippen LogP contribution in [0.1, 0.15) is 63.4 Å². The van der Waals surface area contributed by atoms with E-state index in [1.54, 1.807) is 6.07 Å². The number of nitrogens with one attached hydrogen (secondary N) is 1. The van der Waals surface area contributed by atoms with E-state index in [2.05, 4.69) is 11.4 Å². The van der Waals surface area contributed by atoms with E-state index in [4.69, 9.17) is 16.3 Å². The van der Waals surface area contributed by atoms with Crippen LogP contribution in [0.3, 0.4) is 0 Å². The van der Waals surface area contributed by atoms with Gasteiger partial charge in [-0.15, -0.1) is 0 Å². The summed E-state index contributed by atoms with van der Waals surface area (Å²) in [7, 11) is 0. The standard InChI is InChI=1S/C19H23ClN2O3/c20-15-11-13-10-14-6-4-5-9-19(14,21-16-7-2-1-3-8-16)25-18(13)17(12-15)22(23)24/h10-12,16,21H,1-9H2. The van der Waals surface area contributed by atoms with Gasteiger partial charge < -0.3 is 4.74 Å². The molecule has 1 aliphatic heterocycles. The molecular weight excluding hydrogens is 340 g/mol. The molecule has 0 saturated heterocycles. The molecule has 0 spiro atoms. The molecule has 5 nitrogen and oxygen atoms in total. The van der Waals surface area contributed by atoms with E-state index in [0.29, 0.717) is 16.8 Å². The van der Waals surface area contributed by atoms with Crippen molar-refractivity contribution >= 4 is 23.4 Å². The van der Waals surface area contributed by atoms with Crippen molar-refractivity contribution in [3.8, 4) is 5.75 Å². The van der Waals surface area contributed by atoms with Crippen LogP contribution >= 0.6 is 11.6 Å². The average Bonchev–Trinajstić information content (AvgIpc) is 2.60. The zero-order valence-corrected chi connectivity index (χ0v) is 15.0. The van der Waals surface area contributed by atoms with Gasteiger partial charge in [0.1, 0.15) is 0 Å². The van der Waals surface area contributed by atoms with Crippen molar-refractivity contribution in [2.24, 2.45) is 0 Å². The Morgan fingerprint density at radius 1 is 1.20 bits per heavy atom. The summed E-state index contributed by atoms with van der Waals surface area (Å²) < 4.78 is 6.39. The lowest BCUT2D eigenvalue weighted by molar-refractivity contribution is -0.386. The van der Waals surface area contributed by atoms with Crippen LogP contribution in [0.25, 0.3) is 6.08 Å². The highest BCUT2D eigenvalue weighted by molar-refractivity contribution is 6.31. The number of nitro groups is 1. The van der Waals surface area contributed by atoms with E-state index in [1.807, 2.05) is 0 Å². The fourth-order valence-corrected chi connectivity index (χ4v) is 4.66. The summed E-state index contributed by atoms with van der Waals surface area (Å²) in [6.07, 6.45) is 12.1. The molecule has 3 aliphatic rings. The first-order valence-corrected chi connectivity index (χ1v) is 9.61. The van der Waals surface area contributed by atoms with Gasteiger partial charge in [-0.25, -0.2) is 0 Å². The van der Waals surface area contributed by atoms with Crippen molar-refractivity contribution < 1.29 is 9.66 Å². The Morgan fingerprint density at radius 2 is 2.00 bits per heavy atom. The predicted octanol–water partition coefficient (Wildman–Crippen LogP) is 5.22. The molecule has 4 rings (SSSR count). The second-order valence-electron chi connectivity index (χ2n) is 7.39. The van der Waals surface area contributed by atoms with Crippen LogP contribution in [-0.2, 0) is 0 Å². The second-order valence-corrected chi connectivity index (χ2v) is 7.82. The molecular formula is C19H23ClN2O3. The van der Waals surface area contributed by atoms with Gasteiger partial charge in [-0.2, -0.15) is 0 Å². The molecule has 6 heteroatoms. The molecule has 2 fully saturated rings. The maximum absolute atomic E-state index is 11.5. The molecule has 0 aromatic heterocycles. The smallest absolute Gasteiger partial charge is 0.313 e. The predicted molar refractivity (Wildman–Crippen MR) is 97.9 cm³/mol. The Hall–Kier alpha value is -1.59. The number of halogens is 1. The first-order chi connectivity index (χ1) is 12.1. The topological polar surface area (TPSA) is 64.4 Å². The Morgan fingerprint density at radius 3 is 2.76 bits per heavy atom. The van der Waals surface area contributed by atoms with Gasteiger partial charge >= 0.3 is 5.69 Å². The van der Waals surface area contributed by atoms with Crippen LogP contribution in [0.15, 0.2) is 17.7 Å². The van der Waals surface area contributed by atoms with Gasteiger partial charge in [0.05, 0.1) is 4.92 Å². The highest BCUT2D eigenvalue weighted by Gasteiger charge is 2.44. The number of ether oxygens (including phenoxy) is 1. The van der Waals surface area contributed by atoms with E-state index in [0.717, 1.165) is 44.1 Å². The summed E-state index contributed by atoms with van der Waals surface area (Å²) in [6.45, 7) is 0. The third-order valence-electron chi connectivity index (χ3n) is 5.65. The van der Waals surface area contributed by atoms with Gasteiger partial charge in [0.15, 0.2) is 5.72 Å². The molecule has 134 valence electrons. The average molecular weight is 363 g/mol. The summed E-state index contributed by atoms with van der Waals surface area (Å²) in [4.78, 5) is 11.1. The summed E-state index contributed by atoms with van der Waals surface area (Å²) in [6, 6.07) is 3.56. The molecule has 2 saturated carbocycles. The summed E-state index contributed by atoms with van der Waals surface area (Å²) in [5.41, 5.74) is 1.28. The highest BCUT2D eigenvalue weighted by Crippen LogP contribution is 2.47. The lowest BCUT2D eigenvalue weighted by Gasteiger charge is -2.45. The molecule has 0 radical (unpaired) electrons. The second kappa shape index (κ2) is 6.61. The third kappa shape index (κ3) is 3.15. The zero-order valence-electron chi connectivity index (χ0n) is 14.2. The number of hydrogen-bond donors (Lipinski definition) is 1. The van der Waals surface area contributed by atoms with Crippen LogP contribution in [0.4, 0.5) is 5.69 Å². The largest absolute Gasteiger partial charge is 0.461 e. The number of rotatable bonds is 3. The van der Waals surface area contributed by atoms with Crippen LogP contribution in [-0.4, -0.2) is 16.7 Å². The molecule has 0 amide bonds. The molecule has 1 aromatic rings. The number of nitro benzene ring substituents is 1. The van der Waals surface area contributed by atoms with E-state index in [1.165, 1.54) is 30.9 Å². The van der Waals surface area contributed by atoms with E-state index >= 15 is 0 Å². The minimum Gasteiger partial charge on any atom is -0.461 e. The normalized spacial score (nSPS) is 26.2. The first-order valence-electron chi connectivity index (χ1n) is 9.23. The lowest BCUT2D eigenvalue weighted by atomic mass is 9.81. The van der Waals surface area contributed by atoms with Crippen molar-refractivity contribution in [2.75, 3.05) is 0 Å². The van der Waals surface area contributed by atoms with Gasteiger partial charge in [0.2, 0.25) is 5.75 Å². The monoisotopic (exact) mass is 362 g/mol. The zero-order chi connectivity index (χ0) is 17.4. The third-order valence-corrected chi connectivity index (χ3v) is 5.87. The summed E-state index contributed by atoms with van der Waals surface area (Å²) in [5.74, 6) is 0.350. The fourth-order valence-electron chi connectivity index (χ4n) is 4.44. The number of fused-ring (bicyclic) bond motifs is 2. The van der Waals surface area contributed by atoms with Crippen LogP contribution in [0.2, 0.25) is 5.02 Å². The maximum atomic E-state index is 11.5. The molecule has 1 atom stereocenters. The van der Waals surface area contributed by atoms with Crippen molar-refractivity contribution in [2.45, 2.75) is 69.6 Å². The minimum atomic E-state index is -0.591. The Labute approximate surface area is 152 Å². The van der Waals surface area contributed by atoms with E-state index < -0.39 is 10.6 Å². The quantitative estimate of drug-likeness (QED) is 0.591. The van der Waals surface area contributed by atoms with Crippen LogP contribution in [0, 0.1) is 10.1 Å². The van der Waals surface area contributed by atoms with Crippen LogP contribution in [0.5, 0.6) is 5.75 Å². The molecule has 1 heterocycles.